The summed E-state index contributed by atoms with van der Waals surface area (Å²) in [6, 6.07) is 12.8. The molecule has 1 aliphatic rings. The number of aryl methyl sites for hydroxylation is 1. The number of rotatable bonds is 3. The van der Waals surface area contributed by atoms with Gasteiger partial charge in [-0.1, -0.05) is 40.2 Å². The van der Waals surface area contributed by atoms with Crippen molar-refractivity contribution in [3.63, 3.8) is 0 Å². The van der Waals surface area contributed by atoms with Gasteiger partial charge in [0.25, 0.3) is 0 Å². The predicted molar refractivity (Wildman–Crippen MR) is 83.4 cm³/mol. The van der Waals surface area contributed by atoms with Crippen molar-refractivity contribution in [1.82, 2.24) is 0 Å². The normalized spacial score (nSPS) is 14.9. The van der Waals surface area contributed by atoms with Crippen LogP contribution in [-0.4, -0.2) is 7.11 Å². The molecule has 0 saturated carbocycles. The summed E-state index contributed by atoms with van der Waals surface area (Å²) in [6.07, 6.45) is 0. The molecule has 1 atom stereocenters. The number of ether oxygens (including phenoxy) is 2. The van der Waals surface area contributed by atoms with E-state index in [0.29, 0.717) is 0 Å². The minimum absolute atomic E-state index is 0.194. The molecule has 0 N–H and O–H groups in total. The summed E-state index contributed by atoms with van der Waals surface area (Å²) in [7, 11) is 1.70. The quantitative estimate of drug-likeness (QED) is 0.769. The molecule has 0 spiro atoms. The maximum absolute atomic E-state index is 5.48. The maximum atomic E-state index is 5.48. The van der Waals surface area contributed by atoms with Gasteiger partial charge in [-0.15, -0.1) is 0 Å². The van der Waals surface area contributed by atoms with E-state index >= 15 is 0 Å². The number of methoxy groups -OCH3 is 1. The lowest BCUT2D eigenvalue weighted by Crippen LogP contribution is -1.98. The van der Waals surface area contributed by atoms with Crippen LogP contribution in [-0.2, 0) is 18.0 Å². The van der Waals surface area contributed by atoms with Crippen molar-refractivity contribution in [3.8, 4) is 5.75 Å². The highest BCUT2D eigenvalue weighted by molar-refractivity contribution is 9.09. The summed E-state index contributed by atoms with van der Waals surface area (Å²) in [5.74, 6) is 0.897. The molecule has 1 unspecified atom stereocenters. The molecule has 3 rings (SSSR count). The smallest absolute Gasteiger partial charge is 0.119 e. The largest absolute Gasteiger partial charge is 0.497 e. The Kier molecular flexibility index (Phi) is 3.81. The molecule has 104 valence electrons. The fraction of sp³-hybridized carbons (Fsp3) is 0.294. The SMILES string of the molecule is COc1ccc(C(Br)c2ccc3c(c2)COC3)c(C)c1. The van der Waals surface area contributed by atoms with Crippen LogP contribution >= 0.6 is 15.9 Å². The van der Waals surface area contributed by atoms with Crippen LogP contribution in [0.2, 0.25) is 0 Å². The molecular formula is C17H17BrO2. The fourth-order valence-electron chi connectivity index (χ4n) is 2.59. The van der Waals surface area contributed by atoms with E-state index in [0.717, 1.165) is 19.0 Å². The minimum Gasteiger partial charge on any atom is -0.497 e. The molecule has 0 amide bonds. The lowest BCUT2D eigenvalue weighted by molar-refractivity contribution is 0.134. The Morgan fingerprint density at radius 1 is 1.10 bits per heavy atom. The highest BCUT2D eigenvalue weighted by atomic mass is 79.9. The van der Waals surface area contributed by atoms with E-state index in [4.69, 9.17) is 9.47 Å². The van der Waals surface area contributed by atoms with Gasteiger partial charge in [0.1, 0.15) is 5.75 Å². The number of fused-ring (bicyclic) bond motifs is 1. The molecule has 3 heteroatoms. The number of benzene rings is 2. The van der Waals surface area contributed by atoms with Crippen molar-refractivity contribution < 1.29 is 9.47 Å². The molecule has 1 heterocycles. The molecule has 0 aromatic heterocycles. The molecule has 20 heavy (non-hydrogen) atoms. The molecule has 0 aliphatic carbocycles. The summed E-state index contributed by atoms with van der Waals surface area (Å²) in [5.41, 5.74) is 6.37. The van der Waals surface area contributed by atoms with Crippen molar-refractivity contribution >= 4 is 15.9 Å². The van der Waals surface area contributed by atoms with E-state index in [-0.39, 0.29) is 4.83 Å². The maximum Gasteiger partial charge on any atom is 0.119 e. The topological polar surface area (TPSA) is 18.5 Å². The molecule has 0 fully saturated rings. The minimum atomic E-state index is 0.194. The van der Waals surface area contributed by atoms with E-state index < -0.39 is 0 Å². The van der Waals surface area contributed by atoms with Crippen LogP contribution in [0.1, 0.15) is 32.6 Å². The van der Waals surface area contributed by atoms with Crippen molar-refractivity contribution in [2.24, 2.45) is 0 Å². The van der Waals surface area contributed by atoms with Crippen LogP contribution in [0.3, 0.4) is 0 Å². The third kappa shape index (κ3) is 2.48. The van der Waals surface area contributed by atoms with Crippen LogP contribution in [0.4, 0.5) is 0 Å². The van der Waals surface area contributed by atoms with Crippen molar-refractivity contribution in [2.45, 2.75) is 25.0 Å². The third-order valence-electron chi connectivity index (χ3n) is 3.79. The van der Waals surface area contributed by atoms with E-state index in [2.05, 4.69) is 53.2 Å². The third-order valence-corrected chi connectivity index (χ3v) is 4.81. The molecule has 2 nitrogen and oxygen atoms in total. The highest BCUT2D eigenvalue weighted by Gasteiger charge is 2.17. The zero-order chi connectivity index (χ0) is 14.1. The molecular weight excluding hydrogens is 316 g/mol. The molecule has 0 bridgehead atoms. The second-order valence-corrected chi connectivity index (χ2v) is 6.02. The van der Waals surface area contributed by atoms with Gasteiger partial charge in [0, 0.05) is 0 Å². The zero-order valence-corrected chi connectivity index (χ0v) is 13.2. The molecule has 2 aromatic rings. The van der Waals surface area contributed by atoms with Gasteiger partial charge in [0.2, 0.25) is 0 Å². The van der Waals surface area contributed by atoms with E-state index in [1.54, 1.807) is 7.11 Å². The lowest BCUT2D eigenvalue weighted by atomic mass is 9.97. The Morgan fingerprint density at radius 3 is 2.65 bits per heavy atom. The van der Waals surface area contributed by atoms with E-state index in [1.165, 1.54) is 27.8 Å². The lowest BCUT2D eigenvalue weighted by Gasteiger charge is -2.15. The first-order valence-electron chi connectivity index (χ1n) is 6.67. The molecule has 1 aliphatic heterocycles. The summed E-state index contributed by atoms with van der Waals surface area (Å²) in [5, 5.41) is 0. The van der Waals surface area contributed by atoms with Crippen molar-refractivity contribution in [3.05, 3.63) is 64.2 Å². The Labute approximate surface area is 127 Å². The van der Waals surface area contributed by atoms with Gasteiger partial charge in [-0.05, 0) is 46.9 Å². The van der Waals surface area contributed by atoms with Crippen molar-refractivity contribution in [1.29, 1.82) is 0 Å². The summed E-state index contributed by atoms with van der Waals surface area (Å²) in [6.45, 7) is 3.58. The second-order valence-electron chi connectivity index (χ2n) is 5.11. The summed E-state index contributed by atoms with van der Waals surface area (Å²) < 4.78 is 10.7. The van der Waals surface area contributed by atoms with Crippen LogP contribution in [0.5, 0.6) is 5.75 Å². The second kappa shape index (κ2) is 5.58. The monoisotopic (exact) mass is 332 g/mol. The Morgan fingerprint density at radius 2 is 1.90 bits per heavy atom. The number of halogens is 1. The standard InChI is InChI=1S/C17H17BrO2/c1-11-7-15(19-2)5-6-16(11)17(18)12-3-4-13-9-20-10-14(13)8-12/h3-8,17H,9-10H2,1-2H3. The first-order valence-corrected chi connectivity index (χ1v) is 7.58. The van der Waals surface area contributed by atoms with E-state index in [1.807, 2.05) is 6.07 Å². The van der Waals surface area contributed by atoms with Gasteiger partial charge in [-0.2, -0.15) is 0 Å². The van der Waals surface area contributed by atoms with Gasteiger partial charge in [0.15, 0.2) is 0 Å². The Hall–Kier alpha value is -1.32. The van der Waals surface area contributed by atoms with Gasteiger partial charge < -0.3 is 9.47 Å². The Balaban J connectivity index is 1.94. The van der Waals surface area contributed by atoms with Crippen LogP contribution in [0.15, 0.2) is 36.4 Å². The average molecular weight is 333 g/mol. The van der Waals surface area contributed by atoms with Gasteiger partial charge in [-0.25, -0.2) is 0 Å². The summed E-state index contributed by atoms with van der Waals surface area (Å²) >= 11 is 3.82. The van der Waals surface area contributed by atoms with Gasteiger partial charge >= 0.3 is 0 Å². The fourth-order valence-corrected chi connectivity index (χ4v) is 3.39. The van der Waals surface area contributed by atoms with Crippen molar-refractivity contribution in [2.75, 3.05) is 7.11 Å². The van der Waals surface area contributed by atoms with Crippen LogP contribution in [0.25, 0.3) is 0 Å². The molecule has 0 radical (unpaired) electrons. The summed E-state index contributed by atoms with van der Waals surface area (Å²) in [4.78, 5) is 0.194. The Bertz CT molecular complexity index is 637. The molecule has 0 saturated heterocycles. The van der Waals surface area contributed by atoms with E-state index in [9.17, 15) is 0 Å². The number of hydrogen-bond acceptors (Lipinski definition) is 2. The number of alkyl halides is 1. The molecule has 2 aromatic carbocycles. The highest BCUT2D eigenvalue weighted by Crippen LogP contribution is 2.36. The van der Waals surface area contributed by atoms with Gasteiger partial charge in [0.05, 0.1) is 25.2 Å². The number of hydrogen-bond donors (Lipinski definition) is 0. The van der Waals surface area contributed by atoms with Crippen LogP contribution < -0.4 is 4.74 Å². The predicted octanol–water partition coefficient (Wildman–Crippen LogP) is 4.52. The van der Waals surface area contributed by atoms with Crippen LogP contribution in [0, 0.1) is 6.92 Å². The van der Waals surface area contributed by atoms with Gasteiger partial charge in [-0.3, -0.25) is 0 Å². The first kappa shape index (κ1) is 13.7. The first-order chi connectivity index (χ1) is 9.69. The average Bonchev–Trinajstić information content (AvgIpc) is 2.93. The zero-order valence-electron chi connectivity index (χ0n) is 11.7.